The second-order valence-electron chi connectivity index (χ2n) is 8.18. The third-order valence-corrected chi connectivity index (χ3v) is 5.94. The number of ether oxygens (including phenoxy) is 3. The van der Waals surface area contributed by atoms with Crippen molar-refractivity contribution in [2.24, 2.45) is 0 Å². The van der Waals surface area contributed by atoms with Crippen molar-refractivity contribution in [3.8, 4) is 0 Å². The highest BCUT2D eigenvalue weighted by molar-refractivity contribution is 5.87. The Bertz CT molecular complexity index is 980. The first-order valence-corrected chi connectivity index (χ1v) is 11.2. The van der Waals surface area contributed by atoms with Gasteiger partial charge in [-0.15, -0.1) is 0 Å². The molecule has 2 amide bonds. The van der Waals surface area contributed by atoms with E-state index in [1.807, 2.05) is 30.3 Å². The number of hydrogen-bond donors (Lipinski definition) is 2. The maximum Gasteiger partial charge on any atom is 0.408 e. The highest BCUT2D eigenvalue weighted by atomic mass is 16.7. The van der Waals surface area contributed by atoms with E-state index in [2.05, 4.69) is 16.7 Å². The van der Waals surface area contributed by atoms with Gasteiger partial charge in [0.2, 0.25) is 12.2 Å². The molecule has 2 aliphatic rings. The Morgan fingerprint density at radius 2 is 2.06 bits per heavy atom. The first-order valence-electron chi connectivity index (χ1n) is 11.2. The Balaban J connectivity index is 1.41. The standard InChI is InChI=1S/C24H30N4O5/c1-31-23(32-2)20-18(13-17-9-6-11-25-21(17)27-20)14-28-12-10-19(22(28)29)26-24(30)33-15-16-7-4-3-5-8-16/h3-5,7-8,13,19,23H,6,9-12,14-15H2,1-2H3,(H,25,27)(H,26,30)/t19-/m1/s1. The molecule has 9 heteroatoms. The quantitative estimate of drug-likeness (QED) is 0.592. The van der Waals surface area contributed by atoms with Crippen LogP contribution in [0.1, 0.15) is 41.5 Å². The lowest BCUT2D eigenvalue weighted by Crippen LogP contribution is -2.41. The van der Waals surface area contributed by atoms with E-state index >= 15 is 0 Å². The van der Waals surface area contributed by atoms with E-state index in [-0.39, 0.29) is 12.5 Å². The lowest BCUT2D eigenvalue weighted by molar-refractivity contribution is -0.130. The molecule has 2 aromatic rings. The predicted octanol–water partition coefficient (Wildman–Crippen LogP) is 2.76. The van der Waals surface area contributed by atoms with Gasteiger partial charge in [0.15, 0.2) is 0 Å². The van der Waals surface area contributed by atoms with Gasteiger partial charge < -0.3 is 29.7 Å². The van der Waals surface area contributed by atoms with Crippen LogP contribution < -0.4 is 10.6 Å². The lowest BCUT2D eigenvalue weighted by Gasteiger charge is -2.25. The van der Waals surface area contributed by atoms with Crippen molar-refractivity contribution in [3.63, 3.8) is 0 Å². The fourth-order valence-electron chi connectivity index (χ4n) is 4.24. The largest absolute Gasteiger partial charge is 0.445 e. The summed E-state index contributed by atoms with van der Waals surface area (Å²) in [7, 11) is 3.13. The van der Waals surface area contributed by atoms with Crippen LogP contribution in [-0.4, -0.2) is 55.2 Å². The van der Waals surface area contributed by atoms with E-state index < -0.39 is 18.4 Å². The minimum atomic E-state index is -0.631. The van der Waals surface area contributed by atoms with Crippen molar-refractivity contribution in [3.05, 3.63) is 58.8 Å². The summed E-state index contributed by atoms with van der Waals surface area (Å²) in [6.45, 7) is 1.93. The fraction of sp³-hybridized carbons (Fsp3) is 0.458. The van der Waals surface area contributed by atoms with Crippen molar-refractivity contribution in [2.75, 3.05) is 32.6 Å². The first kappa shape index (κ1) is 23.0. The molecular formula is C24H30N4O5. The molecule has 0 bridgehead atoms. The zero-order valence-electron chi connectivity index (χ0n) is 19.0. The summed E-state index contributed by atoms with van der Waals surface area (Å²) in [6, 6.07) is 10.9. The normalized spacial score (nSPS) is 17.6. The van der Waals surface area contributed by atoms with Gasteiger partial charge in [0.25, 0.3) is 0 Å². The second kappa shape index (κ2) is 10.6. The van der Waals surface area contributed by atoms with Crippen LogP contribution in [0.3, 0.4) is 0 Å². The summed E-state index contributed by atoms with van der Waals surface area (Å²) in [5.41, 5.74) is 3.54. The summed E-state index contributed by atoms with van der Waals surface area (Å²) >= 11 is 0. The van der Waals surface area contributed by atoms with E-state index in [0.29, 0.717) is 25.2 Å². The van der Waals surface area contributed by atoms with Crippen molar-refractivity contribution in [1.29, 1.82) is 0 Å². The molecule has 1 aromatic heterocycles. The number of amides is 2. The first-order chi connectivity index (χ1) is 16.1. The van der Waals surface area contributed by atoms with E-state index in [9.17, 15) is 9.59 Å². The number of pyridine rings is 1. The molecule has 1 saturated heterocycles. The predicted molar refractivity (Wildman–Crippen MR) is 121 cm³/mol. The number of likely N-dealkylation sites (tertiary alicyclic amines) is 1. The Labute approximate surface area is 193 Å². The van der Waals surface area contributed by atoms with Gasteiger partial charge in [-0.25, -0.2) is 9.78 Å². The van der Waals surface area contributed by atoms with Crippen LogP contribution in [0.4, 0.5) is 10.6 Å². The average molecular weight is 455 g/mol. The van der Waals surface area contributed by atoms with Gasteiger partial charge in [-0.2, -0.15) is 0 Å². The van der Waals surface area contributed by atoms with Gasteiger partial charge in [0.1, 0.15) is 24.2 Å². The topological polar surface area (TPSA) is 102 Å². The minimum absolute atomic E-state index is 0.139. The monoisotopic (exact) mass is 454 g/mol. The van der Waals surface area contributed by atoms with Crippen LogP contribution in [0.25, 0.3) is 0 Å². The molecule has 1 atom stereocenters. The Morgan fingerprint density at radius 3 is 2.82 bits per heavy atom. The summed E-state index contributed by atoms with van der Waals surface area (Å²) in [5, 5.41) is 6.02. The lowest BCUT2D eigenvalue weighted by atomic mass is 10.0. The van der Waals surface area contributed by atoms with Crippen LogP contribution in [0, 0.1) is 0 Å². The number of aromatic nitrogens is 1. The SMILES string of the molecule is COC(OC)c1nc2c(cc1CN1CC[C@@H](NC(=O)OCc3ccccc3)C1=O)CCCN2. The van der Waals surface area contributed by atoms with E-state index in [1.54, 1.807) is 19.1 Å². The molecule has 2 aliphatic heterocycles. The molecule has 1 aromatic carbocycles. The number of carbonyl (C=O) groups is 2. The number of rotatable bonds is 8. The number of hydrogen-bond acceptors (Lipinski definition) is 7. The maximum absolute atomic E-state index is 13.0. The summed E-state index contributed by atoms with van der Waals surface area (Å²) in [6.07, 6.45) is 1.25. The van der Waals surface area contributed by atoms with Crippen LogP contribution in [0.15, 0.2) is 36.4 Å². The number of benzene rings is 1. The molecule has 0 spiro atoms. The zero-order valence-corrected chi connectivity index (χ0v) is 19.0. The molecule has 2 N–H and O–H groups in total. The molecule has 1 fully saturated rings. The molecule has 0 radical (unpaired) electrons. The van der Waals surface area contributed by atoms with Crippen LogP contribution in [0.5, 0.6) is 0 Å². The number of alkyl carbamates (subject to hydrolysis) is 1. The van der Waals surface area contributed by atoms with Crippen LogP contribution in [-0.2, 0) is 38.6 Å². The van der Waals surface area contributed by atoms with Crippen LogP contribution >= 0.6 is 0 Å². The highest BCUT2D eigenvalue weighted by Gasteiger charge is 2.34. The van der Waals surface area contributed by atoms with Gasteiger partial charge >= 0.3 is 6.09 Å². The smallest absolute Gasteiger partial charge is 0.408 e. The van der Waals surface area contributed by atoms with E-state index in [1.165, 1.54) is 0 Å². The van der Waals surface area contributed by atoms with E-state index in [4.69, 9.17) is 19.2 Å². The average Bonchev–Trinajstić information content (AvgIpc) is 3.18. The van der Waals surface area contributed by atoms with Gasteiger partial charge in [-0.05, 0) is 42.0 Å². The number of methoxy groups -OCH3 is 2. The molecule has 4 rings (SSSR count). The van der Waals surface area contributed by atoms with Crippen molar-refractivity contribution >= 4 is 17.8 Å². The van der Waals surface area contributed by atoms with Crippen LogP contribution in [0.2, 0.25) is 0 Å². The summed E-state index contributed by atoms with van der Waals surface area (Å²) in [5.74, 6) is 0.701. The van der Waals surface area contributed by atoms with Crippen molar-refractivity contribution < 1.29 is 23.8 Å². The number of aryl methyl sites for hydroxylation is 1. The van der Waals surface area contributed by atoms with Gasteiger partial charge in [0.05, 0.1) is 0 Å². The fourth-order valence-corrected chi connectivity index (χ4v) is 4.24. The molecule has 0 saturated carbocycles. The van der Waals surface area contributed by atoms with Gasteiger partial charge in [-0.3, -0.25) is 4.79 Å². The number of anilines is 1. The number of fused-ring (bicyclic) bond motifs is 1. The molecule has 0 aliphatic carbocycles. The number of carbonyl (C=O) groups excluding carboxylic acids is 2. The van der Waals surface area contributed by atoms with Gasteiger partial charge in [-0.1, -0.05) is 30.3 Å². The summed E-state index contributed by atoms with van der Waals surface area (Å²) < 4.78 is 16.2. The Morgan fingerprint density at radius 1 is 1.27 bits per heavy atom. The van der Waals surface area contributed by atoms with Crippen molar-refractivity contribution in [2.45, 2.75) is 44.7 Å². The van der Waals surface area contributed by atoms with Gasteiger partial charge in [0, 0.05) is 33.9 Å². The van der Waals surface area contributed by atoms with Crippen molar-refractivity contribution in [1.82, 2.24) is 15.2 Å². The zero-order chi connectivity index (χ0) is 23.2. The third-order valence-electron chi connectivity index (χ3n) is 5.94. The molecule has 3 heterocycles. The highest BCUT2D eigenvalue weighted by Crippen LogP contribution is 2.29. The molecule has 9 nitrogen and oxygen atoms in total. The maximum atomic E-state index is 13.0. The minimum Gasteiger partial charge on any atom is -0.445 e. The number of nitrogens with zero attached hydrogens (tertiary/aromatic N) is 2. The number of nitrogens with one attached hydrogen (secondary N) is 2. The molecule has 33 heavy (non-hydrogen) atoms. The summed E-state index contributed by atoms with van der Waals surface area (Å²) in [4.78, 5) is 31.7. The molecule has 0 unspecified atom stereocenters. The molecular weight excluding hydrogens is 424 g/mol. The van der Waals surface area contributed by atoms with E-state index in [0.717, 1.165) is 41.9 Å². The Hall–Kier alpha value is -3.17. The molecule has 176 valence electrons. The third kappa shape index (κ3) is 5.43. The second-order valence-corrected chi connectivity index (χ2v) is 8.18. The Kier molecular flexibility index (Phi) is 7.41.